The van der Waals surface area contributed by atoms with Crippen molar-refractivity contribution in [3.8, 4) is 0 Å². The molecular weight excluding hydrogens is 388 g/mol. The summed E-state index contributed by atoms with van der Waals surface area (Å²) < 4.78 is 10.2. The summed E-state index contributed by atoms with van der Waals surface area (Å²) in [6, 6.07) is 7.70. The van der Waals surface area contributed by atoms with Crippen molar-refractivity contribution >= 4 is 23.8 Å². The van der Waals surface area contributed by atoms with E-state index in [0.29, 0.717) is 38.6 Å². The number of ether oxygens (including phenoxy) is 2. The highest BCUT2D eigenvalue weighted by atomic mass is 16.6. The van der Waals surface area contributed by atoms with Gasteiger partial charge in [-0.15, -0.1) is 0 Å². The van der Waals surface area contributed by atoms with Crippen LogP contribution in [0.2, 0.25) is 0 Å². The Hall–Kier alpha value is -2.90. The van der Waals surface area contributed by atoms with E-state index in [1.807, 2.05) is 30.3 Å². The lowest BCUT2D eigenvalue weighted by Crippen LogP contribution is -2.54. The summed E-state index contributed by atoms with van der Waals surface area (Å²) in [5, 5.41) is 2.74. The van der Waals surface area contributed by atoms with Crippen molar-refractivity contribution in [3.05, 3.63) is 35.9 Å². The van der Waals surface area contributed by atoms with E-state index in [2.05, 4.69) is 5.32 Å². The molecule has 3 rings (SSSR count). The number of likely N-dealkylation sites (tertiary alicyclic amines) is 1. The molecule has 2 fully saturated rings. The second-order valence-corrected chi connectivity index (χ2v) is 7.80. The summed E-state index contributed by atoms with van der Waals surface area (Å²) in [5.41, 5.74) is 0.860. The first-order valence-corrected chi connectivity index (χ1v) is 10.4. The van der Waals surface area contributed by atoms with Crippen LogP contribution in [0.4, 0.5) is 4.79 Å². The molecule has 8 heteroatoms. The predicted molar refractivity (Wildman–Crippen MR) is 107 cm³/mol. The third kappa shape index (κ3) is 5.37. The van der Waals surface area contributed by atoms with Crippen LogP contribution in [0.15, 0.2) is 30.3 Å². The van der Waals surface area contributed by atoms with E-state index in [4.69, 9.17) is 9.47 Å². The Labute approximate surface area is 175 Å². The third-order valence-electron chi connectivity index (χ3n) is 5.74. The first kappa shape index (κ1) is 21.8. The Morgan fingerprint density at radius 2 is 1.93 bits per heavy atom. The zero-order valence-corrected chi connectivity index (χ0v) is 17.2. The lowest BCUT2D eigenvalue weighted by molar-refractivity contribution is -0.148. The number of Topliss-reactive ketones (excluding diaryl/α,β-unsaturated/α-hetero) is 1. The predicted octanol–water partition coefficient (Wildman–Crippen LogP) is 2.20. The van der Waals surface area contributed by atoms with Crippen molar-refractivity contribution in [1.29, 1.82) is 0 Å². The summed E-state index contributed by atoms with van der Waals surface area (Å²) in [6.07, 6.45) is 2.70. The van der Waals surface area contributed by atoms with Gasteiger partial charge in [-0.3, -0.25) is 14.5 Å². The quantitative estimate of drug-likeness (QED) is 0.714. The smallest absolute Gasteiger partial charge is 0.410 e. The normalized spacial score (nSPS) is 22.3. The van der Waals surface area contributed by atoms with E-state index in [9.17, 15) is 19.2 Å². The van der Waals surface area contributed by atoms with E-state index in [1.165, 1.54) is 12.0 Å². The average molecular weight is 416 g/mol. The van der Waals surface area contributed by atoms with Crippen molar-refractivity contribution in [2.75, 3.05) is 13.7 Å². The summed E-state index contributed by atoms with van der Waals surface area (Å²) in [4.78, 5) is 51.0. The van der Waals surface area contributed by atoms with E-state index >= 15 is 0 Å². The van der Waals surface area contributed by atoms with Crippen LogP contribution in [0.5, 0.6) is 0 Å². The van der Waals surface area contributed by atoms with Gasteiger partial charge in [0.1, 0.15) is 24.5 Å². The van der Waals surface area contributed by atoms with Gasteiger partial charge >= 0.3 is 12.1 Å². The minimum atomic E-state index is -0.894. The van der Waals surface area contributed by atoms with Crippen LogP contribution in [-0.2, 0) is 30.5 Å². The van der Waals surface area contributed by atoms with Crippen molar-refractivity contribution < 1.29 is 28.7 Å². The zero-order chi connectivity index (χ0) is 21.5. The van der Waals surface area contributed by atoms with Crippen LogP contribution in [0.1, 0.15) is 44.1 Å². The molecule has 0 bridgehead atoms. The second kappa shape index (κ2) is 10.2. The van der Waals surface area contributed by atoms with Gasteiger partial charge < -0.3 is 14.8 Å². The molecule has 2 aliphatic rings. The first-order chi connectivity index (χ1) is 14.5. The molecule has 8 nitrogen and oxygen atoms in total. The molecule has 1 saturated heterocycles. The maximum absolute atomic E-state index is 12.9. The average Bonchev–Trinajstić information content (AvgIpc) is 3.26. The first-order valence-electron chi connectivity index (χ1n) is 10.4. The van der Waals surface area contributed by atoms with Crippen molar-refractivity contribution in [2.45, 2.75) is 57.2 Å². The number of ketones is 1. The van der Waals surface area contributed by atoms with Gasteiger partial charge in [0.2, 0.25) is 5.91 Å². The molecule has 1 heterocycles. The highest BCUT2D eigenvalue weighted by molar-refractivity contribution is 5.90. The number of nitrogens with one attached hydrogen (secondary N) is 1. The van der Waals surface area contributed by atoms with Crippen LogP contribution in [-0.4, -0.2) is 54.4 Å². The molecule has 30 heavy (non-hydrogen) atoms. The fourth-order valence-electron chi connectivity index (χ4n) is 4.15. The molecule has 0 unspecified atom stereocenters. The second-order valence-electron chi connectivity index (χ2n) is 7.80. The number of rotatable bonds is 6. The van der Waals surface area contributed by atoms with Crippen LogP contribution in [0.25, 0.3) is 0 Å². The molecule has 1 aliphatic carbocycles. The molecule has 0 aromatic heterocycles. The van der Waals surface area contributed by atoms with Gasteiger partial charge in [0.15, 0.2) is 0 Å². The maximum atomic E-state index is 12.9. The Bertz CT molecular complexity index is 781. The molecule has 0 spiro atoms. The highest BCUT2D eigenvalue weighted by Gasteiger charge is 2.39. The maximum Gasteiger partial charge on any atom is 0.410 e. The Morgan fingerprint density at radius 3 is 2.63 bits per heavy atom. The molecule has 1 N–H and O–H groups in total. The van der Waals surface area contributed by atoms with Gasteiger partial charge in [-0.1, -0.05) is 30.3 Å². The monoisotopic (exact) mass is 416 g/mol. The van der Waals surface area contributed by atoms with Gasteiger partial charge in [-0.25, -0.2) is 9.59 Å². The van der Waals surface area contributed by atoms with Gasteiger partial charge in [0.25, 0.3) is 0 Å². The van der Waals surface area contributed by atoms with E-state index < -0.39 is 30.1 Å². The summed E-state index contributed by atoms with van der Waals surface area (Å²) in [7, 11) is 1.26. The molecule has 1 aromatic rings. The largest absolute Gasteiger partial charge is 0.467 e. The van der Waals surface area contributed by atoms with Crippen LogP contribution in [0.3, 0.4) is 0 Å². The fraction of sp³-hybridized carbons (Fsp3) is 0.545. The zero-order valence-electron chi connectivity index (χ0n) is 17.2. The van der Waals surface area contributed by atoms with Gasteiger partial charge in [-0.05, 0) is 37.2 Å². The number of benzene rings is 1. The third-order valence-corrected chi connectivity index (χ3v) is 5.74. The fourth-order valence-corrected chi connectivity index (χ4v) is 4.15. The molecule has 162 valence electrons. The molecule has 2 amide bonds. The van der Waals surface area contributed by atoms with E-state index in [-0.39, 0.29) is 24.7 Å². The van der Waals surface area contributed by atoms with Crippen molar-refractivity contribution in [3.63, 3.8) is 0 Å². The Kier molecular flexibility index (Phi) is 7.43. The minimum absolute atomic E-state index is 0.0846. The number of amides is 2. The minimum Gasteiger partial charge on any atom is -0.467 e. The Morgan fingerprint density at radius 1 is 1.17 bits per heavy atom. The number of nitrogens with zero attached hydrogens (tertiary/aromatic N) is 1. The molecule has 1 aliphatic heterocycles. The van der Waals surface area contributed by atoms with Crippen LogP contribution < -0.4 is 5.32 Å². The topological polar surface area (TPSA) is 102 Å². The Balaban J connectivity index is 1.62. The summed E-state index contributed by atoms with van der Waals surface area (Å²) in [6.45, 7) is 0.538. The van der Waals surface area contributed by atoms with Crippen molar-refractivity contribution in [2.24, 2.45) is 5.92 Å². The number of esters is 1. The van der Waals surface area contributed by atoms with Crippen molar-refractivity contribution in [1.82, 2.24) is 10.2 Å². The SMILES string of the molecule is COC(=O)[C@H](NC(=O)[C@H]1CCCN1C(=O)OCc1ccccc1)[C@H]1CCCC(=O)C1. The standard InChI is InChI=1S/C22H28N2O6/c1-29-21(27)19(16-9-5-10-17(25)13-16)23-20(26)18-11-6-12-24(18)22(28)30-14-15-7-3-2-4-8-15/h2-4,7-8,16,18-19H,5-6,9-14H2,1H3,(H,23,26)/t16-,18+,19+/m0/s1. The summed E-state index contributed by atoms with van der Waals surface area (Å²) >= 11 is 0. The number of hydrogen-bond acceptors (Lipinski definition) is 6. The number of hydrogen-bond donors (Lipinski definition) is 1. The summed E-state index contributed by atoms with van der Waals surface area (Å²) in [5.74, 6) is -1.19. The van der Waals surface area contributed by atoms with Gasteiger partial charge in [0, 0.05) is 19.4 Å². The number of methoxy groups -OCH3 is 1. The van der Waals surface area contributed by atoms with Crippen LogP contribution in [0, 0.1) is 5.92 Å². The molecular formula is C22H28N2O6. The van der Waals surface area contributed by atoms with E-state index in [0.717, 1.165) is 5.56 Å². The molecule has 0 radical (unpaired) electrons. The lowest BCUT2D eigenvalue weighted by atomic mass is 9.83. The number of carbonyl (C=O) groups is 4. The van der Waals surface area contributed by atoms with Gasteiger partial charge in [0.05, 0.1) is 7.11 Å². The van der Waals surface area contributed by atoms with E-state index in [1.54, 1.807) is 0 Å². The molecule has 1 aromatic carbocycles. The van der Waals surface area contributed by atoms with Crippen LogP contribution >= 0.6 is 0 Å². The van der Waals surface area contributed by atoms with Gasteiger partial charge in [-0.2, -0.15) is 0 Å². The lowest BCUT2D eigenvalue weighted by Gasteiger charge is -2.30. The highest BCUT2D eigenvalue weighted by Crippen LogP contribution is 2.26. The molecule has 1 saturated carbocycles. The number of carbonyl (C=O) groups excluding carboxylic acids is 4. The molecule has 3 atom stereocenters.